The van der Waals surface area contributed by atoms with Crippen LogP contribution in [0.2, 0.25) is 5.02 Å². The molecular weight excluding hydrogens is 429 g/mol. The Hall–Kier alpha value is -3.31. The number of nitrogens with one attached hydrogen (secondary N) is 1. The van der Waals surface area contributed by atoms with E-state index in [-0.39, 0.29) is 24.4 Å². The number of anilines is 2. The van der Waals surface area contributed by atoms with Crippen LogP contribution >= 0.6 is 11.6 Å². The largest absolute Gasteiger partial charge is 0.418 e. The number of nitrogens with zero attached hydrogens (tertiary/aromatic N) is 6. The summed E-state index contributed by atoms with van der Waals surface area (Å²) in [6.07, 6.45) is 2.96. The Labute approximate surface area is 181 Å². The molecule has 10 nitrogen and oxygen atoms in total. The van der Waals surface area contributed by atoms with E-state index in [0.29, 0.717) is 54.0 Å². The molecule has 0 spiro atoms. The molecule has 162 valence electrons. The number of pyridine rings is 2. The van der Waals surface area contributed by atoms with E-state index >= 15 is 0 Å². The quantitative estimate of drug-likeness (QED) is 0.612. The number of hydrogen-bond acceptors (Lipinski definition) is 8. The highest BCUT2D eigenvalue weighted by molar-refractivity contribution is 6.33. The van der Waals surface area contributed by atoms with Gasteiger partial charge in [-0.1, -0.05) is 17.7 Å². The summed E-state index contributed by atoms with van der Waals surface area (Å²) < 4.78 is 17.9. The summed E-state index contributed by atoms with van der Waals surface area (Å²) in [4.78, 5) is 24.6. The van der Waals surface area contributed by atoms with E-state index in [4.69, 9.17) is 21.1 Å². The van der Waals surface area contributed by atoms with Gasteiger partial charge in [-0.25, -0.2) is 19.2 Å². The minimum Gasteiger partial charge on any atom is -0.418 e. The third-order valence-corrected chi connectivity index (χ3v) is 5.03. The van der Waals surface area contributed by atoms with Crippen LogP contribution in [0.25, 0.3) is 11.5 Å². The van der Waals surface area contributed by atoms with Crippen molar-refractivity contribution in [2.24, 2.45) is 0 Å². The average Bonchev–Trinajstić information content (AvgIpc) is 3.29. The van der Waals surface area contributed by atoms with Crippen molar-refractivity contribution in [3.05, 3.63) is 47.1 Å². The number of aliphatic hydroxyl groups is 1. The van der Waals surface area contributed by atoms with E-state index in [1.807, 2.05) is 4.90 Å². The van der Waals surface area contributed by atoms with E-state index in [0.717, 1.165) is 0 Å². The normalized spacial score (nSPS) is 14.0. The van der Waals surface area contributed by atoms with Gasteiger partial charge in [0.2, 0.25) is 11.8 Å². The van der Waals surface area contributed by atoms with Crippen LogP contribution in [0.4, 0.5) is 20.8 Å². The first kappa shape index (κ1) is 20.9. The van der Waals surface area contributed by atoms with Crippen LogP contribution in [0, 0.1) is 0 Å². The second kappa shape index (κ2) is 9.23. The third-order valence-electron chi connectivity index (χ3n) is 4.75. The minimum absolute atomic E-state index is 0.109. The number of aliphatic hydroxyl groups excluding tert-OH is 1. The molecule has 0 aromatic carbocycles. The predicted octanol–water partition coefficient (Wildman–Crippen LogP) is 2.50. The lowest BCUT2D eigenvalue weighted by Crippen LogP contribution is -2.50. The number of alkyl halides is 1. The number of halogens is 2. The Morgan fingerprint density at radius 1 is 1.19 bits per heavy atom. The summed E-state index contributed by atoms with van der Waals surface area (Å²) in [6, 6.07) is 4.55. The molecule has 0 bridgehead atoms. The second-order valence-electron chi connectivity index (χ2n) is 6.78. The van der Waals surface area contributed by atoms with Crippen LogP contribution in [0.15, 0.2) is 35.0 Å². The van der Waals surface area contributed by atoms with Crippen molar-refractivity contribution in [1.82, 2.24) is 25.1 Å². The Morgan fingerprint density at radius 3 is 2.61 bits per heavy atom. The van der Waals surface area contributed by atoms with Gasteiger partial charge in [-0.3, -0.25) is 5.32 Å². The van der Waals surface area contributed by atoms with Gasteiger partial charge in [0.15, 0.2) is 0 Å². The predicted molar refractivity (Wildman–Crippen MR) is 110 cm³/mol. The number of urea groups is 1. The van der Waals surface area contributed by atoms with E-state index in [9.17, 15) is 9.18 Å². The fourth-order valence-corrected chi connectivity index (χ4v) is 3.39. The van der Waals surface area contributed by atoms with Crippen LogP contribution in [-0.4, -0.2) is 62.4 Å². The van der Waals surface area contributed by atoms with Crippen molar-refractivity contribution in [3.63, 3.8) is 0 Å². The number of hydrogen-bond donors (Lipinski definition) is 2. The summed E-state index contributed by atoms with van der Waals surface area (Å²) in [7, 11) is 0. The van der Waals surface area contributed by atoms with Crippen molar-refractivity contribution in [1.29, 1.82) is 0 Å². The topological polar surface area (TPSA) is 121 Å². The summed E-state index contributed by atoms with van der Waals surface area (Å²) in [5, 5.41) is 19.7. The van der Waals surface area contributed by atoms with Crippen LogP contribution in [0.5, 0.6) is 0 Å². The number of rotatable bonds is 5. The molecule has 2 N–H and O–H groups in total. The van der Waals surface area contributed by atoms with Gasteiger partial charge in [-0.05, 0) is 12.1 Å². The van der Waals surface area contributed by atoms with E-state index in [2.05, 4.69) is 25.5 Å². The molecule has 1 saturated heterocycles. The number of piperazine rings is 1. The third kappa shape index (κ3) is 4.72. The van der Waals surface area contributed by atoms with E-state index in [1.165, 1.54) is 6.20 Å². The van der Waals surface area contributed by atoms with Crippen molar-refractivity contribution < 1.29 is 18.7 Å². The molecule has 0 atom stereocenters. The molecule has 4 heterocycles. The summed E-state index contributed by atoms with van der Waals surface area (Å²) in [6.45, 7) is 1.09. The van der Waals surface area contributed by atoms with Gasteiger partial charge in [0, 0.05) is 44.1 Å². The zero-order chi connectivity index (χ0) is 21.8. The van der Waals surface area contributed by atoms with E-state index < -0.39 is 6.67 Å². The second-order valence-corrected chi connectivity index (χ2v) is 7.19. The number of amides is 2. The lowest BCUT2D eigenvalue weighted by Gasteiger charge is -2.35. The molecule has 0 aliphatic carbocycles. The van der Waals surface area contributed by atoms with Gasteiger partial charge in [-0.2, -0.15) is 0 Å². The Kier molecular flexibility index (Phi) is 6.23. The van der Waals surface area contributed by atoms with E-state index in [1.54, 1.807) is 29.3 Å². The Bertz CT molecular complexity index is 1050. The zero-order valence-corrected chi connectivity index (χ0v) is 17.1. The monoisotopic (exact) mass is 447 g/mol. The molecule has 1 fully saturated rings. The molecule has 0 unspecified atom stereocenters. The Morgan fingerprint density at radius 2 is 2.00 bits per heavy atom. The molecule has 12 heteroatoms. The first-order valence-corrected chi connectivity index (χ1v) is 9.86. The summed E-state index contributed by atoms with van der Waals surface area (Å²) >= 11 is 6.41. The van der Waals surface area contributed by atoms with Gasteiger partial charge in [0.25, 0.3) is 0 Å². The molecule has 0 radical (unpaired) electrons. The molecule has 3 aromatic rings. The fraction of sp³-hybridized carbons (Fsp3) is 0.316. The zero-order valence-electron chi connectivity index (χ0n) is 16.3. The van der Waals surface area contributed by atoms with Gasteiger partial charge in [0.05, 0.1) is 10.6 Å². The average molecular weight is 448 g/mol. The van der Waals surface area contributed by atoms with Crippen molar-refractivity contribution in [2.45, 2.75) is 13.3 Å². The molecule has 2 amide bonds. The highest BCUT2D eigenvalue weighted by atomic mass is 35.5. The minimum atomic E-state index is -0.598. The first-order valence-electron chi connectivity index (χ1n) is 9.48. The maximum absolute atomic E-state index is 12.6. The van der Waals surface area contributed by atoms with Gasteiger partial charge >= 0.3 is 6.03 Å². The highest BCUT2D eigenvalue weighted by Gasteiger charge is 2.24. The molecule has 4 rings (SSSR count). The fourth-order valence-electron chi connectivity index (χ4n) is 3.10. The van der Waals surface area contributed by atoms with Gasteiger partial charge in [-0.15, -0.1) is 10.2 Å². The van der Waals surface area contributed by atoms with Crippen LogP contribution in [-0.2, 0) is 13.3 Å². The number of aromatic nitrogens is 4. The molecule has 1 aliphatic rings. The van der Waals surface area contributed by atoms with Crippen LogP contribution < -0.4 is 10.2 Å². The summed E-state index contributed by atoms with van der Waals surface area (Å²) in [5.74, 6) is 1.30. The molecule has 1 aliphatic heterocycles. The smallest absolute Gasteiger partial charge is 0.323 e. The lowest BCUT2D eigenvalue weighted by molar-refractivity contribution is 0.208. The molecular formula is C19H19ClFN7O3. The maximum atomic E-state index is 12.6. The Balaban J connectivity index is 1.36. The SMILES string of the molecule is O=C(Nc1ccc(CF)cn1)N1CCN(c2ncc(-c3nnc(CO)o3)cc2Cl)CC1. The van der Waals surface area contributed by atoms with Crippen molar-refractivity contribution in [3.8, 4) is 11.5 Å². The lowest BCUT2D eigenvalue weighted by atomic mass is 10.2. The number of carbonyl (C=O) groups excluding carboxylic acids is 1. The molecule has 0 saturated carbocycles. The van der Waals surface area contributed by atoms with Gasteiger partial charge in [0.1, 0.15) is 24.9 Å². The van der Waals surface area contributed by atoms with Crippen molar-refractivity contribution in [2.75, 3.05) is 36.4 Å². The molecule has 31 heavy (non-hydrogen) atoms. The number of carbonyl (C=O) groups is 1. The molecule has 3 aromatic heterocycles. The highest BCUT2D eigenvalue weighted by Crippen LogP contribution is 2.29. The van der Waals surface area contributed by atoms with Crippen LogP contribution in [0.1, 0.15) is 11.5 Å². The first-order chi connectivity index (χ1) is 15.1. The van der Waals surface area contributed by atoms with Crippen LogP contribution in [0.3, 0.4) is 0 Å². The maximum Gasteiger partial charge on any atom is 0.323 e. The standard InChI is InChI=1S/C19H19ClFN7O3/c20-14-7-13(18-26-25-16(11-29)31-18)10-23-17(14)27-3-5-28(6-4-27)19(30)24-15-2-1-12(8-21)9-22-15/h1-2,7,9-10,29H,3-6,8,11H2,(H,22,24,30). The van der Waals surface area contributed by atoms with Gasteiger partial charge < -0.3 is 19.3 Å². The van der Waals surface area contributed by atoms with Crippen molar-refractivity contribution >= 4 is 29.3 Å². The summed E-state index contributed by atoms with van der Waals surface area (Å²) in [5.41, 5.74) is 1.00.